The van der Waals surface area contributed by atoms with Gasteiger partial charge in [-0.3, -0.25) is 9.59 Å². The number of hydrogen-bond donors (Lipinski definition) is 1. The second kappa shape index (κ2) is 8.27. The van der Waals surface area contributed by atoms with E-state index in [1.807, 2.05) is 53.9 Å². The van der Waals surface area contributed by atoms with Gasteiger partial charge in [-0.05, 0) is 60.7 Å². The number of nitrogens with zero attached hydrogens (tertiary/aromatic N) is 1. The number of ether oxygens (including phenoxy) is 1. The van der Waals surface area contributed by atoms with Crippen LogP contribution in [0.25, 0.3) is 0 Å². The molecule has 142 valence electrons. The van der Waals surface area contributed by atoms with Gasteiger partial charge >= 0.3 is 0 Å². The van der Waals surface area contributed by atoms with Crippen molar-refractivity contribution in [3.63, 3.8) is 0 Å². The normalized spacial score (nSPS) is 16.0. The number of carbonyl (C=O) groups excluding carboxylic acids is 2. The van der Waals surface area contributed by atoms with Gasteiger partial charge < -0.3 is 15.0 Å². The molecule has 6 heteroatoms. The molecule has 2 aromatic carbocycles. The van der Waals surface area contributed by atoms with E-state index in [0.717, 1.165) is 12.2 Å². The Balaban J connectivity index is 1.39. The largest absolute Gasteiger partial charge is 0.457 e. The van der Waals surface area contributed by atoms with Crippen LogP contribution in [0.4, 0.5) is 5.69 Å². The van der Waals surface area contributed by atoms with Crippen LogP contribution in [0.1, 0.15) is 22.5 Å². The highest BCUT2D eigenvalue weighted by Crippen LogP contribution is 2.25. The monoisotopic (exact) mass is 392 g/mol. The molecular formula is C22H20N2O3S. The first kappa shape index (κ1) is 18.3. The summed E-state index contributed by atoms with van der Waals surface area (Å²) in [7, 11) is 0. The summed E-state index contributed by atoms with van der Waals surface area (Å²) in [4.78, 5) is 27.7. The highest BCUT2D eigenvalue weighted by molar-refractivity contribution is 7.12. The van der Waals surface area contributed by atoms with Gasteiger partial charge in [0.15, 0.2) is 0 Å². The maximum Gasteiger partial charge on any atom is 0.264 e. The van der Waals surface area contributed by atoms with Crippen molar-refractivity contribution in [2.45, 2.75) is 18.9 Å². The number of nitrogens with one attached hydrogen (secondary N) is 1. The summed E-state index contributed by atoms with van der Waals surface area (Å²) in [5, 5.41) is 4.79. The standard InChI is InChI=1S/C22H20N2O3S/c25-21(19-8-4-14-24(19)22(26)20-9-5-15-28-20)23-16-10-12-18(13-11-16)27-17-6-2-1-3-7-17/h1-3,5-7,9-13,15,19H,4,8,14H2,(H,23,25). The SMILES string of the molecule is O=C(Nc1ccc(Oc2ccccc2)cc1)C1CCCN1C(=O)c1cccs1. The van der Waals surface area contributed by atoms with Crippen molar-refractivity contribution in [1.82, 2.24) is 4.90 Å². The lowest BCUT2D eigenvalue weighted by atomic mass is 10.2. The maximum absolute atomic E-state index is 12.7. The smallest absolute Gasteiger partial charge is 0.264 e. The molecule has 1 N–H and O–H groups in total. The van der Waals surface area contributed by atoms with Crippen molar-refractivity contribution >= 4 is 28.8 Å². The van der Waals surface area contributed by atoms with E-state index in [2.05, 4.69) is 5.32 Å². The number of thiophene rings is 1. The third-order valence-electron chi connectivity index (χ3n) is 4.65. The average molecular weight is 392 g/mol. The summed E-state index contributed by atoms with van der Waals surface area (Å²) < 4.78 is 5.76. The molecule has 28 heavy (non-hydrogen) atoms. The number of carbonyl (C=O) groups is 2. The van der Waals surface area contributed by atoms with E-state index in [9.17, 15) is 9.59 Å². The lowest BCUT2D eigenvalue weighted by Gasteiger charge is -2.23. The first-order chi connectivity index (χ1) is 13.7. The van der Waals surface area contributed by atoms with Gasteiger partial charge in [0.25, 0.3) is 5.91 Å². The Morgan fingerprint density at radius 2 is 1.71 bits per heavy atom. The molecule has 0 aliphatic carbocycles. The maximum atomic E-state index is 12.7. The van der Waals surface area contributed by atoms with E-state index in [1.54, 1.807) is 23.1 Å². The Labute approximate surface area is 167 Å². The lowest BCUT2D eigenvalue weighted by Crippen LogP contribution is -2.42. The van der Waals surface area contributed by atoms with Crippen LogP contribution in [-0.2, 0) is 4.79 Å². The average Bonchev–Trinajstić information content (AvgIpc) is 3.42. The number of rotatable bonds is 5. The van der Waals surface area contributed by atoms with E-state index in [0.29, 0.717) is 29.3 Å². The molecule has 0 saturated carbocycles. The van der Waals surface area contributed by atoms with Crippen LogP contribution in [0.5, 0.6) is 11.5 Å². The van der Waals surface area contributed by atoms with Crippen LogP contribution in [0.2, 0.25) is 0 Å². The minimum atomic E-state index is -0.435. The molecule has 0 bridgehead atoms. The Morgan fingerprint density at radius 3 is 2.43 bits per heavy atom. The van der Waals surface area contributed by atoms with Crippen LogP contribution < -0.4 is 10.1 Å². The molecule has 1 aliphatic heterocycles. The van der Waals surface area contributed by atoms with Gasteiger partial charge in [-0.25, -0.2) is 0 Å². The number of likely N-dealkylation sites (tertiary alicyclic amines) is 1. The van der Waals surface area contributed by atoms with Gasteiger partial charge in [-0.15, -0.1) is 11.3 Å². The fourth-order valence-corrected chi connectivity index (χ4v) is 3.96. The molecule has 2 amide bonds. The predicted octanol–water partition coefficient (Wildman–Crippen LogP) is 4.78. The molecule has 1 aromatic heterocycles. The van der Waals surface area contributed by atoms with Crippen molar-refractivity contribution in [3.8, 4) is 11.5 Å². The molecule has 1 fully saturated rings. The Morgan fingerprint density at radius 1 is 0.964 bits per heavy atom. The summed E-state index contributed by atoms with van der Waals surface area (Å²) in [6.07, 6.45) is 1.51. The number of amides is 2. The van der Waals surface area contributed by atoms with Gasteiger partial charge in [0.2, 0.25) is 5.91 Å². The van der Waals surface area contributed by atoms with E-state index < -0.39 is 6.04 Å². The van der Waals surface area contributed by atoms with E-state index in [-0.39, 0.29) is 11.8 Å². The fourth-order valence-electron chi connectivity index (χ4n) is 3.28. The number of para-hydroxylation sites is 1. The van der Waals surface area contributed by atoms with Crippen molar-refractivity contribution in [2.24, 2.45) is 0 Å². The minimum absolute atomic E-state index is 0.0701. The zero-order chi connectivity index (χ0) is 19.3. The van der Waals surface area contributed by atoms with Crippen LogP contribution in [0.15, 0.2) is 72.1 Å². The molecular weight excluding hydrogens is 372 g/mol. The van der Waals surface area contributed by atoms with Crippen LogP contribution >= 0.6 is 11.3 Å². The molecule has 2 heterocycles. The van der Waals surface area contributed by atoms with Gasteiger partial charge in [0.05, 0.1) is 4.88 Å². The number of hydrogen-bond acceptors (Lipinski definition) is 4. The van der Waals surface area contributed by atoms with E-state index in [4.69, 9.17) is 4.74 Å². The number of anilines is 1. The van der Waals surface area contributed by atoms with Crippen LogP contribution in [0, 0.1) is 0 Å². The van der Waals surface area contributed by atoms with E-state index in [1.165, 1.54) is 11.3 Å². The van der Waals surface area contributed by atoms with E-state index >= 15 is 0 Å². The van der Waals surface area contributed by atoms with Crippen LogP contribution in [-0.4, -0.2) is 29.3 Å². The predicted molar refractivity (Wildman–Crippen MR) is 110 cm³/mol. The summed E-state index contributed by atoms with van der Waals surface area (Å²) in [6, 6.07) is 20.0. The molecule has 0 spiro atoms. The highest BCUT2D eigenvalue weighted by atomic mass is 32.1. The first-order valence-corrected chi connectivity index (χ1v) is 10.1. The van der Waals surface area contributed by atoms with Crippen molar-refractivity contribution in [1.29, 1.82) is 0 Å². The zero-order valence-electron chi connectivity index (χ0n) is 15.2. The molecule has 1 unspecified atom stereocenters. The first-order valence-electron chi connectivity index (χ1n) is 9.19. The Bertz CT molecular complexity index is 940. The topological polar surface area (TPSA) is 58.6 Å². The van der Waals surface area contributed by atoms with Gasteiger partial charge in [-0.2, -0.15) is 0 Å². The van der Waals surface area contributed by atoms with Crippen molar-refractivity contribution in [3.05, 3.63) is 77.0 Å². The second-order valence-electron chi connectivity index (χ2n) is 6.56. The molecule has 1 atom stereocenters. The van der Waals surface area contributed by atoms with Gasteiger partial charge in [0.1, 0.15) is 17.5 Å². The third kappa shape index (κ3) is 4.07. The molecule has 0 radical (unpaired) electrons. The second-order valence-corrected chi connectivity index (χ2v) is 7.51. The van der Waals surface area contributed by atoms with Crippen molar-refractivity contribution < 1.29 is 14.3 Å². The Hall–Kier alpha value is -3.12. The minimum Gasteiger partial charge on any atom is -0.457 e. The van der Waals surface area contributed by atoms with Gasteiger partial charge in [0, 0.05) is 12.2 Å². The molecule has 3 aromatic rings. The van der Waals surface area contributed by atoms with Gasteiger partial charge in [-0.1, -0.05) is 24.3 Å². The molecule has 1 aliphatic rings. The molecule has 5 nitrogen and oxygen atoms in total. The highest BCUT2D eigenvalue weighted by Gasteiger charge is 2.34. The summed E-state index contributed by atoms with van der Waals surface area (Å²) in [5.41, 5.74) is 0.681. The number of benzene rings is 2. The quantitative estimate of drug-likeness (QED) is 0.680. The lowest BCUT2D eigenvalue weighted by molar-refractivity contribution is -0.119. The zero-order valence-corrected chi connectivity index (χ0v) is 16.0. The molecule has 1 saturated heterocycles. The summed E-state index contributed by atoms with van der Waals surface area (Å²) >= 11 is 1.40. The fraction of sp³-hybridized carbons (Fsp3) is 0.182. The Kier molecular flexibility index (Phi) is 5.39. The third-order valence-corrected chi connectivity index (χ3v) is 5.51. The van der Waals surface area contributed by atoms with Crippen LogP contribution in [0.3, 0.4) is 0 Å². The summed E-state index contributed by atoms with van der Waals surface area (Å²) in [5.74, 6) is 1.23. The molecule has 4 rings (SSSR count). The van der Waals surface area contributed by atoms with Crippen molar-refractivity contribution in [2.75, 3.05) is 11.9 Å². The summed E-state index contributed by atoms with van der Waals surface area (Å²) in [6.45, 7) is 0.610.